The molecule has 0 saturated heterocycles. The van der Waals surface area contributed by atoms with Crippen molar-refractivity contribution in [3.63, 3.8) is 0 Å². The monoisotopic (exact) mass is 496 g/mol. The van der Waals surface area contributed by atoms with Gasteiger partial charge in [0.05, 0.1) is 6.61 Å². The first kappa shape index (κ1) is 33.9. The van der Waals surface area contributed by atoms with E-state index in [0.717, 1.165) is 77.0 Å². The van der Waals surface area contributed by atoms with Gasteiger partial charge in [-0.2, -0.15) is 0 Å². The first-order valence-electron chi connectivity index (χ1n) is 15.5. The minimum atomic E-state index is -0.0375. The molecule has 0 fully saturated rings. The molecule has 4 heteroatoms. The quantitative estimate of drug-likeness (QED) is 0.0838. The predicted octanol–water partition coefficient (Wildman–Crippen LogP) is 9.86. The average molecular weight is 497 g/mol. The van der Waals surface area contributed by atoms with Crippen molar-refractivity contribution in [1.29, 1.82) is 0 Å². The molecule has 1 atom stereocenters. The first-order chi connectivity index (χ1) is 17.1. The highest BCUT2D eigenvalue weighted by atomic mass is 16.5. The molecular weight excluding hydrogens is 436 g/mol. The van der Waals surface area contributed by atoms with Crippen molar-refractivity contribution in [2.45, 2.75) is 181 Å². The molecular formula is C31H60O4. The van der Waals surface area contributed by atoms with Gasteiger partial charge in [0.1, 0.15) is 6.10 Å². The topological polar surface area (TPSA) is 52.6 Å². The van der Waals surface area contributed by atoms with Gasteiger partial charge in [-0.05, 0) is 32.1 Å². The van der Waals surface area contributed by atoms with E-state index in [1.54, 1.807) is 0 Å². The highest BCUT2D eigenvalue weighted by molar-refractivity contribution is 5.69. The molecule has 0 saturated carbocycles. The van der Waals surface area contributed by atoms with E-state index in [1.807, 2.05) is 0 Å². The van der Waals surface area contributed by atoms with Gasteiger partial charge in [-0.3, -0.25) is 9.59 Å². The zero-order valence-electron chi connectivity index (χ0n) is 23.9. The van der Waals surface area contributed by atoms with Crippen LogP contribution in [0.2, 0.25) is 0 Å². The van der Waals surface area contributed by atoms with Crippen molar-refractivity contribution in [2.24, 2.45) is 0 Å². The Morgan fingerprint density at radius 2 is 0.943 bits per heavy atom. The maximum atomic E-state index is 12.1. The Bertz CT molecular complexity index is 463. The molecule has 0 aromatic carbocycles. The van der Waals surface area contributed by atoms with Gasteiger partial charge in [-0.25, -0.2) is 0 Å². The molecule has 0 spiro atoms. The predicted molar refractivity (Wildman–Crippen MR) is 149 cm³/mol. The average Bonchev–Trinajstić information content (AvgIpc) is 2.85. The lowest BCUT2D eigenvalue weighted by Crippen LogP contribution is -2.18. The van der Waals surface area contributed by atoms with Crippen molar-refractivity contribution < 1.29 is 19.1 Å². The van der Waals surface area contributed by atoms with Crippen LogP contribution >= 0.6 is 0 Å². The van der Waals surface area contributed by atoms with Crippen LogP contribution in [0.3, 0.4) is 0 Å². The minimum Gasteiger partial charge on any atom is -0.466 e. The number of ether oxygens (including phenoxy) is 2. The molecule has 0 aliphatic heterocycles. The summed E-state index contributed by atoms with van der Waals surface area (Å²) in [6.07, 6.45) is 27.1. The Hall–Kier alpha value is -1.06. The second-order valence-corrected chi connectivity index (χ2v) is 10.4. The van der Waals surface area contributed by atoms with Gasteiger partial charge < -0.3 is 9.47 Å². The summed E-state index contributed by atoms with van der Waals surface area (Å²) in [5.41, 5.74) is 0. The SMILES string of the molecule is CCCCCCCCCCCCCOC(=O)CCCCCCCCC(=O)OC(CCC)CCCC. The smallest absolute Gasteiger partial charge is 0.306 e. The summed E-state index contributed by atoms with van der Waals surface area (Å²) in [6, 6.07) is 0. The summed E-state index contributed by atoms with van der Waals surface area (Å²) < 4.78 is 11.0. The molecule has 1 unspecified atom stereocenters. The van der Waals surface area contributed by atoms with Crippen LogP contribution in [0.5, 0.6) is 0 Å². The standard InChI is InChI=1S/C31H60O4/c1-4-7-9-10-11-12-13-14-17-20-23-28-34-30(32)26-21-18-15-16-19-22-27-31(33)35-29(24-6-3)25-8-5-2/h29H,4-28H2,1-3H3. The van der Waals surface area contributed by atoms with Crippen LogP contribution in [-0.4, -0.2) is 24.6 Å². The first-order valence-corrected chi connectivity index (χ1v) is 15.5. The van der Waals surface area contributed by atoms with Gasteiger partial charge in [0, 0.05) is 12.8 Å². The number of carbonyl (C=O) groups is 2. The van der Waals surface area contributed by atoms with Crippen LogP contribution in [0.4, 0.5) is 0 Å². The maximum absolute atomic E-state index is 12.1. The maximum Gasteiger partial charge on any atom is 0.306 e. The van der Waals surface area contributed by atoms with Crippen LogP contribution in [0.25, 0.3) is 0 Å². The number of esters is 2. The Morgan fingerprint density at radius 1 is 0.486 bits per heavy atom. The van der Waals surface area contributed by atoms with Crippen molar-refractivity contribution >= 4 is 11.9 Å². The molecule has 0 radical (unpaired) electrons. The summed E-state index contributed by atoms with van der Waals surface area (Å²) in [7, 11) is 0. The van der Waals surface area contributed by atoms with Gasteiger partial charge in [0.25, 0.3) is 0 Å². The number of hydrogen-bond acceptors (Lipinski definition) is 4. The molecule has 35 heavy (non-hydrogen) atoms. The van der Waals surface area contributed by atoms with Gasteiger partial charge in [-0.15, -0.1) is 0 Å². The number of hydrogen-bond donors (Lipinski definition) is 0. The Balaban J connectivity index is 3.40. The summed E-state index contributed by atoms with van der Waals surface area (Å²) in [5.74, 6) is -0.0652. The second-order valence-electron chi connectivity index (χ2n) is 10.4. The van der Waals surface area contributed by atoms with Gasteiger partial charge in [-0.1, -0.05) is 130 Å². The lowest BCUT2D eigenvalue weighted by atomic mass is 10.1. The van der Waals surface area contributed by atoms with E-state index in [-0.39, 0.29) is 18.0 Å². The van der Waals surface area contributed by atoms with E-state index < -0.39 is 0 Å². The highest BCUT2D eigenvalue weighted by Gasteiger charge is 2.13. The van der Waals surface area contributed by atoms with E-state index >= 15 is 0 Å². The summed E-state index contributed by atoms with van der Waals surface area (Å²) in [4.78, 5) is 23.9. The zero-order valence-corrected chi connectivity index (χ0v) is 23.9. The van der Waals surface area contributed by atoms with Crippen LogP contribution in [0.15, 0.2) is 0 Å². The number of rotatable bonds is 27. The molecule has 0 aromatic rings. The molecule has 0 heterocycles. The minimum absolute atomic E-state index is 0.0277. The van der Waals surface area contributed by atoms with Crippen molar-refractivity contribution in [1.82, 2.24) is 0 Å². The molecule has 0 aliphatic carbocycles. The molecule has 0 N–H and O–H groups in total. The van der Waals surface area contributed by atoms with Crippen molar-refractivity contribution in [3.8, 4) is 0 Å². The molecule has 0 aromatic heterocycles. The Kier molecular flexibility index (Phi) is 26.7. The zero-order chi connectivity index (χ0) is 25.8. The fourth-order valence-electron chi connectivity index (χ4n) is 4.53. The molecule has 0 aliphatic rings. The normalized spacial score (nSPS) is 12.0. The van der Waals surface area contributed by atoms with E-state index in [0.29, 0.717) is 19.4 Å². The lowest BCUT2D eigenvalue weighted by molar-refractivity contribution is -0.150. The van der Waals surface area contributed by atoms with Gasteiger partial charge in [0.2, 0.25) is 0 Å². The molecule has 0 rings (SSSR count). The number of unbranched alkanes of at least 4 members (excludes halogenated alkanes) is 16. The van der Waals surface area contributed by atoms with Gasteiger partial charge in [0.15, 0.2) is 0 Å². The third-order valence-electron chi connectivity index (χ3n) is 6.81. The summed E-state index contributed by atoms with van der Waals surface area (Å²) in [6.45, 7) is 7.17. The molecule has 208 valence electrons. The number of carbonyl (C=O) groups excluding carboxylic acids is 2. The lowest BCUT2D eigenvalue weighted by Gasteiger charge is -2.17. The van der Waals surface area contributed by atoms with Crippen LogP contribution < -0.4 is 0 Å². The van der Waals surface area contributed by atoms with E-state index in [1.165, 1.54) is 64.2 Å². The van der Waals surface area contributed by atoms with Crippen molar-refractivity contribution in [3.05, 3.63) is 0 Å². The van der Waals surface area contributed by atoms with Crippen LogP contribution in [0, 0.1) is 0 Å². The molecule has 0 bridgehead atoms. The fourth-order valence-corrected chi connectivity index (χ4v) is 4.53. The van der Waals surface area contributed by atoms with E-state index in [2.05, 4.69) is 20.8 Å². The van der Waals surface area contributed by atoms with Crippen LogP contribution in [-0.2, 0) is 19.1 Å². The highest BCUT2D eigenvalue weighted by Crippen LogP contribution is 2.15. The fraction of sp³-hybridized carbons (Fsp3) is 0.935. The Morgan fingerprint density at radius 3 is 1.46 bits per heavy atom. The third kappa shape index (κ3) is 25.8. The van der Waals surface area contributed by atoms with Crippen molar-refractivity contribution in [2.75, 3.05) is 6.61 Å². The van der Waals surface area contributed by atoms with Gasteiger partial charge >= 0.3 is 11.9 Å². The third-order valence-corrected chi connectivity index (χ3v) is 6.81. The Labute approximate surface area is 218 Å². The largest absolute Gasteiger partial charge is 0.466 e. The van der Waals surface area contributed by atoms with E-state index in [9.17, 15) is 9.59 Å². The van der Waals surface area contributed by atoms with Crippen LogP contribution in [0.1, 0.15) is 175 Å². The second kappa shape index (κ2) is 27.5. The molecule has 0 amide bonds. The molecule has 4 nitrogen and oxygen atoms in total. The summed E-state index contributed by atoms with van der Waals surface area (Å²) in [5, 5.41) is 0. The summed E-state index contributed by atoms with van der Waals surface area (Å²) >= 11 is 0. The van der Waals surface area contributed by atoms with E-state index in [4.69, 9.17) is 9.47 Å².